The summed E-state index contributed by atoms with van der Waals surface area (Å²) < 4.78 is 25.8. The molecule has 1 aliphatic heterocycles. The van der Waals surface area contributed by atoms with Gasteiger partial charge in [0.1, 0.15) is 5.37 Å². The van der Waals surface area contributed by atoms with Crippen LogP contribution in [0.2, 0.25) is 0 Å². The first-order valence-electron chi connectivity index (χ1n) is 6.79. The molecule has 1 aliphatic rings. The van der Waals surface area contributed by atoms with Gasteiger partial charge in [0.25, 0.3) is 0 Å². The molecule has 0 amide bonds. The van der Waals surface area contributed by atoms with E-state index < -0.39 is 15.2 Å². The highest BCUT2D eigenvalue weighted by molar-refractivity contribution is 7.91. The fourth-order valence-corrected chi connectivity index (χ4v) is 4.62. The molecule has 0 bridgehead atoms. The smallest absolute Gasteiger partial charge is 0.198 e. The zero-order valence-electron chi connectivity index (χ0n) is 11.2. The number of benzene rings is 2. The number of H-pyrrole nitrogens is 1. The third-order valence-corrected chi connectivity index (χ3v) is 5.93. The SMILES string of the molecule is O=S(=O)(c1ccccc1)C1NCc2c[nH]c3cccc1c23. The molecule has 0 saturated carbocycles. The van der Waals surface area contributed by atoms with E-state index in [-0.39, 0.29) is 0 Å². The van der Waals surface area contributed by atoms with Gasteiger partial charge in [-0.15, -0.1) is 0 Å². The Kier molecular flexibility index (Phi) is 2.67. The molecule has 21 heavy (non-hydrogen) atoms. The molecule has 0 saturated heterocycles. The molecular formula is C16H14N2O2S. The van der Waals surface area contributed by atoms with E-state index in [1.807, 2.05) is 30.5 Å². The lowest BCUT2D eigenvalue weighted by atomic mass is 10.0. The summed E-state index contributed by atoms with van der Waals surface area (Å²) in [6, 6.07) is 14.3. The first-order valence-corrected chi connectivity index (χ1v) is 8.34. The molecule has 1 atom stereocenters. The van der Waals surface area contributed by atoms with Gasteiger partial charge in [0.05, 0.1) is 4.90 Å². The van der Waals surface area contributed by atoms with Crippen molar-refractivity contribution < 1.29 is 8.42 Å². The summed E-state index contributed by atoms with van der Waals surface area (Å²) in [6.45, 7) is 0.549. The average Bonchev–Trinajstić information content (AvgIpc) is 2.94. The minimum atomic E-state index is -3.45. The zero-order chi connectivity index (χ0) is 14.4. The van der Waals surface area contributed by atoms with Gasteiger partial charge in [0.15, 0.2) is 9.84 Å². The van der Waals surface area contributed by atoms with Crippen molar-refractivity contribution in [2.45, 2.75) is 16.8 Å². The molecule has 106 valence electrons. The Morgan fingerprint density at radius 1 is 1.00 bits per heavy atom. The topological polar surface area (TPSA) is 62.0 Å². The van der Waals surface area contributed by atoms with Crippen molar-refractivity contribution in [3.63, 3.8) is 0 Å². The van der Waals surface area contributed by atoms with Gasteiger partial charge in [-0.05, 0) is 29.3 Å². The van der Waals surface area contributed by atoms with Crippen LogP contribution in [-0.2, 0) is 16.4 Å². The number of aromatic amines is 1. The molecule has 3 aromatic rings. The highest BCUT2D eigenvalue weighted by Gasteiger charge is 2.33. The lowest BCUT2D eigenvalue weighted by Crippen LogP contribution is -2.31. The summed E-state index contributed by atoms with van der Waals surface area (Å²) in [5, 5.41) is 3.48. The van der Waals surface area contributed by atoms with Crippen molar-refractivity contribution in [3.05, 3.63) is 65.9 Å². The van der Waals surface area contributed by atoms with E-state index in [1.54, 1.807) is 24.3 Å². The van der Waals surface area contributed by atoms with E-state index in [4.69, 9.17) is 0 Å². The van der Waals surface area contributed by atoms with Crippen LogP contribution in [0.15, 0.2) is 59.6 Å². The van der Waals surface area contributed by atoms with Crippen LogP contribution in [0.5, 0.6) is 0 Å². The predicted molar refractivity (Wildman–Crippen MR) is 81.5 cm³/mol. The fourth-order valence-electron chi connectivity index (χ4n) is 2.98. The molecule has 1 aromatic heterocycles. The third-order valence-electron chi connectivity index (χ3n) is 3.96. The number of hydrogen-bond acceptors (Lipinski definition) is 3. The van der Waals surface area contributed by atoms with Crippen molar-refractivity contribution in [3.8, 4) is 0 Å². The standard InChI is InChI=1S/C16H14N2O2S/c19-21(20,12-5-2-1-3-6-12)16-13-7-4-8-14-15(13)11(9-17-14)10-18-16/h1-9,16-18H,10H2. The number of aromatic nitrogens is 1. The van der Waals surface area contributed by atoms with Crippen LogP contribution in [0, 0.1) is 0 Å². The largest absolute Gasteiger partial charge is 0.361 e. The monoisotopic (exact) mass is 298 g/mol. The van der Waals surface area contributed by atoms with Gasteiger partial charge in [-0.3, -0.25) is 5.32 Å². The molecule has 4 nitrogen and oxygen atoms in total. The van der Waals surface area contributed by atoms with Gasteiger partial charge in [-0.25, -0.2) is 8.42 Å². The number of hydrogen-bond donors (Lipinski definition) is 2. The van der Waals surface area contributed by atoms with Gasteiger partial charge in [-0.1, -0.05) is 30.3 Å². The summed E-state index contributed by atoms with van der Waals surface area (Å²) in [7, 11) is -3.45. The normalized spacial score (nSPS) is 18.0. The minimum Gasteiger partial charge on any atom is -0.361 e. The quantitative estimate of drug-likeness (QED) is 0.764. The summed E-state index contributed by atoms with van der Waals surface area (Å²) in [4.78, 5) is 3.54. The van der Waals surface area contributed by atoms with Gasteiger partial charge >= 0.3 is 0 Å². The molecular weight excluding hydrogens is 284 g/mol. The number of nitrogens with one attached hydrogen (secondary N) is 2. The second-order valence-electron chi connectivity index (χ2n) is 5.20. The number of sulfone groups is 1. The molecule has 1 unspecified atom stereocenters. The van der Waals surface area contributed by atoms with Crippen LogP contribution in [-0.4, -0.2) is 13.4 Å². The molecule has 0 fully saturated rings. The summed E-state index contributed by atoms with van der Waals surface area (Å²) in [5.41, 5.74) is 2.91. The van der Waals surface area contributed by atoms with Gasteiger partial charge in [-0.2, -0.15) is 0 Å². The molecule has 4 rings (SSSR count). The van der Waals surface area contributed by atoms with Crippen molar-refractivity contribution in [1.82, 2.24) is 10.3 Å². The zero-order valence-corrected chi connectivity index (χ0v) is 12.0. The molecule has 5 heteroatoms. The average molecular weight is 298 g/mol. The van der Waals surface area contributed by atoms with Crippen molar-refractivity contribution >= 4 is 20.7 Å². The lowest BCUT2D eigenvalue weighted by Gasteiger charge is -2.25. The molecule has 0 radical (unpaired) electrons. The Hall–Kier alpha value is -2.11. The summed E-state index contributed by atoms with van der Waals surface area (Å²) >= 11 is 0. The van der Waals surface area contributed by atoms with E-state index in [1.165, 1.54) is 0 Å². The van der Waals surface area contributed by atoms with Crippen molar-refractivity contribution in [1.29, 1.82) is 0 Å². The Balaban J connectivity index is 1.93. The van der Waals surface area contributed by atoms with E-state index in [0.29, 0.717) is 11.4 Å². The molecule has 2 N–H and O–H groups in total. The van der Waals surface area contributed by atoms with E-state index in [0.717, 1.165) is 22.0 Å². The van der Waals surface area contributed by atoms with Crippen LogP contribution in [0.1, 0.15) is 16.5 Å². The minimum absolute atomic E-state index is 0.346. The van der Waals surface area contributed by atoms with Crippen LogP contribution in [0.25, 0.3) is 10.9 Å². The maximum Gasteiger partial charge on any atom is 0.198 e. The van der Waals surface area contributed by atoms with Gasteiger partial charge < -0.3 is 4.98 Å². The lowest BCUT2D eigenvalue weighted by molar-refractivity contribution is 0.552. The fraction of sp³-hybridized carbons (Fsp3) is 0.125. The summed E-state index contributed by atoms with van der Waals surface area (Å²) in [5.74, 6) is 0. The first kappa shape index (κ1) is 12.6. The highest BCUT2D eigenvalue weighted by Crippen LogP contribution is 2.36. The van der Waals surface area contributed by atoms with Gasteiger partial charge in [0.2, 0.25) is 0 Å². The maximum atomic E-state index is 12.9. The third kappa shape index (κ3) is 1.81. The molecule has 2 heterocycles. The highest BCUT2D eigenvalue weighted by atomic mass is 32.2. The van der Waals surface area contributed by atoms with E-state index in [9.17, 15) is 8.42 Å². The van der Waals surface area contributed by atoms with Crippen LogP contribution < -0.4 is 5.32 Å². The van der Waals surface area contributed by atoms with Crippen LogP contribution >= 0.6 is 0 Å². The molecule has 0 aliphatic carbocycles. The van der Waals surface area contributed by atoms with Gasteiger partial charge in [0, 0.05) is 23.6 Å². The van der Waals surface area contributed by atoms with Crippen molar-refractivity contribution in [2.24, 2.45) is 0 Å². The van der Waals surface area contributed by atoms with Crippen molar-refractivity contribution in [2.75, 3.05) is 0 Å². The number of rotatable bonds is 2. The Bertz CT molecular complexity index is 914. The predicted octanol–water partition coefficient (Wildman–Crippen LogP) is 2.74. The molecule has 2 aromatic carbocycles. The Morgan fingerprint density at radius 3 is 2.62 bits per heavy atom. The molecule has 0 spiro atoms. The van der Waals surface area contributed by atoms with Crippen LogP contribution in [0.3, 0.4) is 0 Å². The Morgan fingerprint density at radius 2 is 1.81 bits per heavy atom. The summed E-state index contributed by atoms with van der Waals surface area (Å²) in [6.07, 6.45) is 1.94. The second kappa shape index (κ2) is 4.44. The van der Waals surface area contributed by atoms with Crippen LogP contribution in [0.4, 0.5) is 0 Å². The van der Waals surface area contributed by atoms with E-state index >= 15 is 0 Å². The maximum absolute atomic E-state index is 12.9. The second-order valence-corrected chi connectivity index (χ2v) is 7.24. The first-order chi connectivity index (χ1) is 10.2. The Labute approximate surface area is 122 Å². The van der Waals surface area contributed by atoms with E-state index in [2.05, 4.69) is 10.3 Å².